The van der Waals surface area contributed by atoms with E-state index in [1.54, 1.807) is 0 Å². The fourth-order valence-electron chi connectivity index (χ4n) is 1.01. The van der Waals surface area contributed by atoms with Gasteiger partial charge in [0.25, 0.3) is 0 Å². The lowest BCUT2D eigenvalue weighted by atomic mass is 10.4. The molecule has 2 heterocycles. The highest BCUT2D eigenvalue weighted by molar-refractivity contribution is 6.09. The molecule has 2 aliphatic rings. The van der Waals surface area contributed by atoms with Crippen molar-refractivity contribution in [1.82, 2.24) is 0 Å². The molecule has 2 rings (SSSR count). The summed E-state index contributed by atoms with van der Waals surface area (Å²) < 4.78 is 0.631. The Kier molecular flexibility index (Phi) is 2.12. The number of halogens is 1. The van der Waals surface area contributed by atoms with Crippen molar-refractivity contribution in [3.05, 3.63) is 11.9 Å². The lowest BCUT2D eigenvalue weighted by Gasteiger charge is -2.20. The van der Waals surface area contributed by atoms with Crippen molar-refractivity contribution in [3.63, 3.8) is 0 Å². The van der Waals surface area contributed by atoms with Crippen molar-refractivity contribution in [1.29, 1.82) is 0 Å². The van der Waals surface area contributed by atoms with Crippen LogP contribution in [0, 0.1) is 0 Å². The number of fused-ring (bicyclic) bond motifs is 1. The maximum Gasteiger partial charge on any atom is 0.196 e. The molecule has 0 saturated heterocycles. The van der Waals surface area contributed by atoms with Gasteiger partial charge in [0.2, 0.25) is 0 Å². The predicted octanol–water partition coefficient (Wildman–Crippen LogP) is -2.61. The molecule has 0 saturated carbocycles. The lowest BCUT2D eigenvalue weighted by molar-refractivity contribution is -0.735. The molecule has 0 spiro atoms. The van der Waals surface area contributed by atoms with Crippen LogP contribution in [0.2, 0.25) is 0 Å². The highest BCUT2D eigenvalue weighted by Gasteiger charge is 2.22. The third-order valence-electron chi connectivity index (χ3n) is 1.54. The minimum atomic E-state index is 0. The minimum Gasteiger partial charge on any atom is -1.00 e. The van der Waals surface area contributed by atoms with Crippen LogP contribution in [0.4, 0.5) is 0 Å². The molecule has 64 valence electrons. The molecule has 0 amide bonds. The summed E-state index contributed by atoms with van der Waals surface area (Å²) >= 11 is 0. The van der Waals surface area contributed by atoms with E-state index in [4.69, 9.17) is 0 Å². The van der Waals surface area contributed by atoms with Gasteiger partial charge in [0, 0.05) is 0 Å². The number of quaternary nitrogens is 1. The first kappa shape index (κ1) is 9.09. The Balaban J connectivity index is 0.000000720. The van der Waals surface area contributed by atoms with Gasteiger partial charge in [-0.05, 0) is 0 Å². The Morgan fingerprint density at radius 1 is 1.25 bits per heavy atom. The van der Waals surface area contributed by atoms with E-state index in [2.05, 4.69) is 15.0 Å². The molecule has 0 N–H and O–H groups in total. The SMILES string of the molecule is C[N+]1(C)C=NC2=NC=NC2=C1.[Cl-]. The van der Waals surface area contributed by atoms with Crippen LogP contribution in [0.3, 0.4) is 0 Å². The molecule has 0 aromatic heterocycles. The van der Waals surface area contributed by atoms with Crippen molar-refractivity contribution >= 4 is 18.5 Å². The summed E-state index contributed by atoms with van der Waals surface area (Å²) in [4.78, 5) is 12.2. The molecule has 12 heavy (non-hydrogen) atoms. The van der Waals surface area contributed by atoms with Gasteiger partial charge in [-0.1, -0.05) is 0 Å². The van der Waals surface area contributed by atoms with Crippen LogP contribution in [0.5, 0.6) is 0 Å². The molecular weight excluding hydrogens is 176 g/mol. The molecule has 0 aliphatic carbocycles. The predicted molar refractivity (Wildman–Crippen MR) is 44.6 cm³/mol. The fourth-order valence-corrected chi connectivity index (χ4v) is 1.01. The van der Waals surface area contributed by atoms with Crippen molar-refractivity contribution < 1.29 is 16.9 Å². The van der Waals surface area contributed by atoms with Gasteiger partial charge in [-0.3, -0.25) is 4.48 Å². The van der Waals surface area contributed by atoms with Crippen molar-refractivity contribution in [2.45, 2.75) is 0 Å². The monoisotopic (exact) mass is 184 g/mol. The second kappa shape index (κ2) is 2.80. The van der Waals surface area contributed by atoms with Crippen molar-refractivity contribution in [3.8, 4) is 0 Å². The summed E-state index contributed by atoms with van der Waals surface area (Å²) in [6.07, 6.45) is 5.37. The van der Waals surface area contributed by atoms with Crippen LogP contribution in [0.15, 0.2) is 26.9 Å². The molecule has 0 aromatic carbocycles. The van der Waals surface area contributed by atoms with Gasteiger partial charge in [-0.25, -0.2) is 9.98 Å². The second-order valence-electron chi connectivity index (χ2n) is 3.09. The van der Waals surface area contributed by atoms with Gasteiger partial charge in [-0.15, -0.1) is 0 Å². The average molecular weight is 185 g/mol. The van der Waals surface area contributed by atoms with Gasteiger partial charge >= 0.3 is 0 Å². The minimum absolute atomic E-state index is 0. The first-order chi connectivity index (χ1) is 5.17. The highest BCUT2D eigenvalue weighted by atomic mass is 35.5. The summed E-state index contributed by atoms with van der Waals surface area (Å²) in [5.41, 5.74) is 0.873. The summed E-state index contributed by atoms with van der Waals surface area (Å²) in [6, 6.07) is 0. The zero-order valence-corrected chi connectivity index (χ0v) is 7.65. The van der Waals surface area contributed by atoms with E-state index in [1.165, 1.54) is 6.34 Å². The van der Waals surface area contributed by atoms with Gasteiger partial charge in [0.1, 0.15) is 12.5 Å². The number of nitrogens with zero attached hydrogens (tertiary/aromatic N) is 4. The molecule has 0 fully saturated rings. The maximum atomic E-state index is 4.15. The van der Waals surface area contributed by atoms with E-state index >= 15 is 0 Å². The Bertz CT molecular complexity index is 311. The Morgan fingerprint density at radius 2 is 2.00 bits per heavy atom. The Morgan fingerprint density at radius 3 is 2.75 bits per heavy atom. The summed E-state index contributed by atoms with van der Waals surface area (Å²) in [5.74, 6) is 0.724. The smallest absolute Gasteiger partial charge is 0.196 e. The van der Waals surface area contributed by atoms with Crippen molar-refractivity contribution in [2.24, 2.45) is 15.0 Å². The molecule has 0 atom stereocenters. The van der Waals surface area contributed by atoms with E-state index in [9.17, 15) is 0 Å². The summed E-state index contributed by atoms with van der Waals surface area (Å²) in [5, 5.41) is 0. The average Bonchev–Trinajstić information content (AvgIpc) is 2.31. The maximum absolute atomic E-state index is 4.15. The topological polar surface area (TPSA) is 37.1 Å². The van der Waals surface area contributed by atoms with Gasteiger partial charge < -0.3 is 12.4 Å². The van der Waals surface area contributed by atoms with E-state index in [-0.39, 0.29) is 12.4 Å². The van der Waals surface area contributed by atoms with Crippen LogP contribution in [-0.2, 0) is 0 Å². The zero-order chi connectivity index (χ0) is 7.90. The summed E-state index contributed by atoms with van der Waals surface area (Å²) in [6.45, 7) is 0. The van der Waals surface area contributed by atoms with Gasteiger partial charge in [-0.2, -0.15) is 4.99 Å². The highest BCUT2D eigenvalue weighted by Crippen LogP contribution is 2.14. The number of hydrogen-bond acceptors (Lipinski definition) is 3. The van der Waals surface area contributed by atoms with Gasteiger partial charge in [0.15, 0.2) is 17.9 Å². The molecular formula is C7H9ClN4. The first-order valence-corrected chi connectivity index (χ1v) is 3.39. The normalized spacial score (nSPS) is 22.5. The number of amidine groups is 1. The quantitative estimate of drug-likeness (QED) is 0.370. The second-order valence-corrected chi connectivity index (χ2v) is 3.09. The van der Waals surface area contributed by atoms with Crippen LogP contribution in [0.1, 0.15) is 0 Å². The molecule has 2 aliphatic heterocycles. The van der Waals surface area contributed by atoms with Crippen LogP contribution in [0.25, 0.3) is 0 Å². The first-order valence-electron chi connectivity index (χ1n) is 3.39. The zero-order valence-electron chi connectivity index (χ0n) is 6.90. The molecule has 0 unspecified atom stereocenters. The molecule has 0 bridgehead atoms. The largest absolute Gasteiger partial charge is 1.00 e. The number of aliphatic imine (C=N–C) groups is 3. The fraction of sp³-hybridized carbons (Fsp3) is 0.286. The van der Waals surface area contributed by atoms with Crippen LogP contribution < -0.4 is 12.4 Å². The van der Waals surface area contributed by atoms with Crippen LogP contribution >= 0.6 is 0 Å². The summed E-state index contributed by atoms with van der Waals surface area (Å²) in [7, 11) is 4.06. The van der Waals surface area contributed by atoms with Crippen molar-refractivity contribution in [2.75, 3.05) is 14.1 Å². The van der Waals surface area contributed by atoms with Crippen LogP contribution in [-0.4, -0.2) is 37.1 Å². The molecule has 4 nitrogen and oxygen atoms in total. The van der Waals surface area contributed by atoms with E-state index < -0.39 is 0 Å². The van der Waals surface area contributed by atoms with E-state index in [0.717, 1.165) is 11.5 Å². The Hall–Kier alpha value is -1.00. The third kappa shape index (κ3) is 1.44. The number of rotatable bonds is 0. The van der Waals surface area contributed by atoms with Gasteiger partial charge in [0.05, 0.1) is 14.1 Å². The molecule has 0 aromatic rings. The third-order valence-corrected chi connectivity index (χ3v) is 1.54. The molecule has 5 heteroatoms. The van der Waals surface area contributed by atoms with E-state index in [0.29, 0.717) is 4.48 Å². The number of hydrogen-bond donors (Lipinski definition) is 0. The van der Waals surface area contributed by atoms with E-state index in [1.807, 2.05) is 26.6 Å². The standard InChI is InChI=1S/C7H9N4.ClH/c1-11(2)3-6-7(10-5-11)9-4-8-6;/h3-5H,1-2H3;1H/q+1;/p-1. The molecule has 0 radical (unpaired) electrons. The Labute approximate surface area is 77.0 Å². The lowest BCUT2D eigenvalue weighted by Crippen LogP contribution is -3.00.